The molecule has 1 aliphatic rings. The van der Waals surface area contributed by atoms with Gasteiger partial charge in [-0.25, -0.2) is 0 Å². The molecule has 0 amide bonds. The summed E-state index contributed by atoms with van der Waals surface area (Å²) in [4.78, 5) is 8.91. The highest BCUT2D eigenvalue weighted by molar-refractivity contribution is 5.79. The van der Waals surface area contributed by atoms with E-state index in [1.54, 1.807) is 0 Å². The molecule has 2 N–H and O–H groups in total. The second-order valence-corrected chi connectivity index (χ2v) is 4.99. The summed E-state index contributed by atoms with van der Waals surface area (Å²) in [7, 11) is 0. The zero-order valence-corrected chi connectivity index (χ0v) is 11.7. The van der Waals surface area contributed by atoms with Crippen LogP contribution in [0, 0.1) is 5.92 Å². The molecule has 0 radical (unpaired) electrons. The van der Waals surface area contributed by atoms with Gasteiger partial charge in [0.15, 0.2) is 5.96 Å². The lowest BCUT2D eigenvalue weighted by Gasteiger charge is -2.10. The van der Waals surface area contributed by atoms with E-state index in [2.05, 4.69) is 33.6 Å². The minimum Gasteiger partial charge on any atom is -0.357 e. The van der Waals surface area contributed by atoms with Crippen molar-refractivity contribution in [1.29, 1.82) is 0 Å². The second kappa shape index (κ2) is 7.77. The average Bonchev–Trinajstić information content (AvgIpc) is 3.24. The van der Waals surface area contributed by atoms with E-state index in [-0.39, 0.29) is 0 Å². The molecule has 4 heteroatoms. The molecular weight excluding hydrogens is 236 g/mol. The first-order valence-electron chi connectivity index (χ1n) is 7.30. The molecule has 1 saturated carbocycles. The van der Waals surface area contributed by atoms with Gasteiger partial charge in [0.2, 0.25) is 0 Å². The third-order valence-electron chi connectivity index (χ3n) is 3.25. The first-order chi connectivity index (χ1) is 9.38. The summed E-state index contributed by atoms with van der Waals surface area (Å²) in [6, 6.07) is 6.02. The summed E-state index contributed by atoms with van der Waals surface area (Å²) < 4.78 is 0. The lowest BCUT2D eigenvalue weighted by atomic mass is 10.3. The molecule has 104 valence electrons. The quantitative estimate of drug-likeness (QED) is 0.582. The molecule has 0 unspecified atom stereocenters. The van der Waals surface area contributed by atoms with Gasteiger partial charge >= 0.3 is 0 Å². The Bertz CT molecular complexity index is 384. The van der Waals surface area contributed by atoms with Crippen molar-refractivity contribution in [2.45, 2.75) is 32.6 Å². The Morgan fingerprint density at radius 2 is 2.26 bits per heavy atom. The van der Waals surface area contributed by atoms with Crippen LogP contribution >= 0.6 is 0 Å². The number of aliphatic imine (C=N–C) groups is 1. The topological polar surface area (TPSA) is 49.3 Å². The number of hydrogen-bond donors (Lipinski definition) is 2. The van der Waals surface area contributed by atoms with Gasteiger partial charge in [0, 0.05) is 37.9 Å². The van der Waals surface area contributed by atoms with Crippen LogP contribution in [0.5, 0.6) is 0 Å². The van der Waals surface area contributed by atoms with E-state index >= 15 is 0 Å². The molecule has 1 aromatic heterocycles. The van der Waals surface area contributed by atoms with Crippen LogP contribution < -0.4 is 10.6 Å². The van der Waals surface area contributed by atoms with Crippen LogP contribution in [0.4, 0.5) is 0 Å². The number of hydrogen-bond acceptors (Lipinski definition) is 2. The third kappa shape index (κ3) is 5.73. The maximum atomic E-state index is 4.60. The fourth-order valence-electron chi connectivity index (χ4n) is 1.96. The molecule has 0 saturated heterocycles. The largest absolute Gasteiger partial charge is 0.357 e. The summed E-state index contributed by atoms with van der Waals surface area (Å²) >= 11 is 0. The molecule has 4 nitrogen and oxygen atoms in total. The minimum atomic E-state index is 0.867. The van der Waals surface area contributed by atoms with Gasteiger partial charge in [-0.05, 0) is 31.4 Å². The van der Waals surface area contributed by atoms with Crippen LogP contribution in [0.25, 0.3) is 0 Å². The summed E-state index contributed by atoms with van der Waals surface area (Å²) in [5.74, 6) is 1.87. The van der Waals surface area contributed by atoms with Crippen molar-refractivity contribution in [3.8, 4) is 0 Å². The fraction of sp³-hybridized carbons (Fsp3) is 0.600. The molecule has 0 spiro atoms. The van der Waals surface area contributed by atoms with Crippen LogP contribution in [0.15, 0.2) is 29.4 Å². The van der Waals surface area contributed by atoms with Gasteiger partial charge in [-0.15, -0.1) is 0 Å². The minimum absolute atomic E-state index is 0.867. The van der Waals surface area contributed by atoms with E-state index in [9.17, 15) is 0 Å². The molecule has 1 aromatic rings. The van der Waals surface area contributed by atoms with Crippen molar-refractivity contribution in [3.63, 3.8) is 0 Å². The fourth-order valence-corrected chi connectivity index (χ4v) is 1.96. The molecule has 1 fully saturated rings. The van der Waals surface area contributed by atoms with E-state index in [1.165, 1.54) is 19.3 Å². The highest BCUT2D eigenvalue weighted by atomic mass is 15.2. The summed E-state index contributed by atoms with van der Waals surface area (Å²) in [5, 5.41) is 6.64. The van der Waals surface area contributed by atoms with Gasteiger partial charge in [0.05, 0.1) is 0 Å². The van der Waals surface area contributed by atoms with Crippen LogP contribution in [0.1, 0.15) is 31.9 Å². The van der Waals surface area contributed by atoms with Crippen molar-refractivity contribution < 1.29 is 0 Å². The average molecular weight is 260 g/mol. The van der Waals surface area contributed by atoms with Gasteiger partial charge in [-0.2, -0.15) is 0 Å². The number of nitrogens with one attached hydrogen (secondary N) is 2. The van der Waals surface area contributed by atoms with Crippen LogP contribution in [0.3, 0.4) is 0 Å². The molecule has 0 atom stereocenters. The Morgan fingerprint density at radius 3 is 2.95 bits per heavy atom. The SMILES string of the molecule is CCNC(=NCCC1CC1)NCCc1ccccn1. The lowest BCUT2D eigenvalue weighted by Crippen LogP contribution is -2.38. The Hall–Kier alpha value is -1.58. The molecule has 0 aliphatic heterocycles. The highest BCUT2D eigenvalue weighted by Gasteiger charge is 2.20. The molecule has 0 bridgehead atoms. The molecule has 1 aliphatic carbocycles. The molecule has 1 heterocycles. The van der Waals surface area contributed by atoms with Crippen LogP contribution in [0.2, 0.25) is 0 Å². The Balaban J connectivity index is 1.69. The first kappa shape index (κ1) is 13.8. The molecule has 19 heavy (non-hydrogen) atoms. The zero-order valence-electron chi connectivity index (χ0n) is 11.7. The number of nitrogens with zero attached hydrogens (tertiary/aromatic N) is 2. The van der Waals surface area contributed by atoms with Crippen LogP contribution in [-0.4, -0.2) is 30.6 Å². The van der Waals surface area contributed by atoms with Crippen molar-refractivity contribution in [3.05, 3.63) is 30.1 Å². The Morgan fingerprint density at radius 1 is 1.37 bits per heavy atom. The van der Waals surface area contributed by atoms with Crippen molar-refractivity contribution in [2.24, 2.45) is 10.9 Å². The second-order valence-electron chi connectivity index (χ2n) is 4.99. The van der Waals surface area contributed by atoms with Gasteiger partial charge < -0.3 is 10.6 Å². The maximum Gasteiger partial charge on any atom is 0.191 e. The highest BCUT2D eigenvalue weighted by Crippen LogP contribution is 2.31. The smallest absolute Gasteiger partial charge is 0.191 e. The lowest BCUT2D eigenvalue weighted by molar-refractivity contribution is 0.723. The van der Waals surface area contributed by atoms with Crippen LogP contribution in [-0.2, 0) is 6.42 Å². The van der Waals surface area contributed by atoms with Gasteiger partial charge in [-0.1, -0.05) is 18.9 Å². The predicted octanol–water partition coefficient (Wildman–Crippen LogP) is 1.98. The third-order valence-corrected chi connectivity index (χ3v) is 3.25. The summed E-state index contributed by atoms with van der Waals surface area (Å²) in [6.45, 7) is 4.80. The Kier molecular flexibility index (Phi) is 5.66. The normalized spacial score (nSPS) is 15.3. The van der Waals surface area contributed by atoms with E-state index in [0.29, 0.717) is 0 Å². The van der Waals surface area contributed by atoms with Gasteiger partial charge in [0.25, 0.3) is 0 Å². The van der Waals surface area contributed by atoms with Crippen molar-refractivity contribution in [1.82, 2.24) is 15.6 Å². The van der Waals surface area contributed by atoms with Gasteiger partial charge in [0.1, 0.15) is 0 Å². The van der Waals surface area contributed by atoms with E-state index < -0.39 is 0 Å². The van der Waals surface area contributed by atoms with E-state index in [4.69, 9.17) is 0 Å². The first-order valence-corrected chi connectivity index (χ1v) is 7.30. The molecule has 2 rings (SSSR count). The molecular formula is C15H24N4. The summed E-state index contributed by atoms with van der Waals surface area (Å²) in [6.07, 6.45) is 6.80. The van der Waals surface area contributed by atoms with Crippen molar-refractivity contribution >= 4 is 5.96 Å². The monoisotopic (exact) mass is 260 g/mol. The standard InChI is InChI=1S/C15H24N4/c1-2-16-15(18-11-8-13-6-7-13)19-12-9-14-5-3-4-10-17-14/h3-5,10,13H,2,6-9,11-12H2,1H3,(H2,16,18,19). The Labute approximate surface area is 115 Å². The maximum absolute atomic E-state index is 4.60. The van der Waals surface area contributed by atoms with Crippen molar-refractivity contribution in [2.75, 3.05) is 19.6 Å². The number of rotatable bonds is 7. The number of guanidine groups is 1. The number of pyridine rings is 1. The van der Waals surface area contributed by atoms with E-state index in [0.717, 1.165) is 43.6 Å². The predicted molar refractivity (Wildman–Crippen MR) is 79.3 cm³/mol. The van der Waals surface area contributed by atoms with E-state index in [1.807, 2.05) is 18.3 Å². The summed E-state index contributed by atoms with van der Waals surface area (Å²) in [5.41, 5.74) is 1.11. The number of aromatic nitrogens is 1. The zero-order chi connectivity index (χ0) is 13.3. The van der Waals surface area contributed by atoms with Gasteiger partial charge in [-0.3, -0.25) is 9.98 Å². The molecule has 0 aromatic carbocycles.